The number of amides is 1. The lowest BCUT2D eigenvalue weighted by Gasteiger charge is -2.15. The summed E-state index contributed by atoms with van der Waals surface area (Å²) in [6.07, 6.45) is 0. The third kappa shape index (κ3) is 4.73. The Morgan fingerprint density at radius 2 is 1.29 bits per heavy atom. The first-order chi connectivity index (χ1) is 14.2. The third-order valence-electron chi connectivity index (χ3n) is 4.15. The number of hydrogen-bond acceptors (Lipinski definition) is 7. The van der Waals surface area contributed by atoms with E-state index < -0.39 is 61.7 Å². The fraction of sp³-hybridized carbons (Fsp3) is 0. The zero-order chi connectivity index (χ0) is 23.2. The van der Waals surface area contributed by atoms with Gasteiger partial charge in [-0.15, -0.1) is 0 Å². The molecule has 0 saturated heterocycles. The number of fused-ring (bicyclic) bond motifs is 1. The SMILES string of the molecule is O=C(Nc1ccc(S(=O)(=O)O)c2cc(S(=O)(=O)O)cc(S(=O)(=O)O)c12)c1ccccc1. The van der Waals surface area contributed by atoms with Crippen molar-refractivity contribution >= 4 is 52.7 Å². The molecular formula is C17H13NO10S3. The summed E-state index contributed by atoms with van der Waals surface area (Å²) in [7, 11) is -15.3. The average molecular weight is 487 g/mol. The Bertz CT molecular complexity index is 1530. The van der Waals surface area contributed by atoms with Gasteiger partial charge in [-0.2, -0.15) is 25.3 Å². The standard InChI is InChI=1S/C17H13NO10S3/c19-17(10-4-2-1-3-5-10)18-13-6-7-14(30(23,24)25)12-8-11(29(20,21)22)9-15(16(12)13)31(26,27)28/h1-9H,(H,18,19)(H,20,21,22)(H,23,24,25)(H,26,27,28). The van der Waals surface area contributed by atoms with Crippen molar-refractivity contribution in [3.63, 3.8) is 0 Å². The molecule has 3 aromatic rings. The maximum atomic E-state index is 12.5. The van der Waals surface area contributed by atoms with E-state index in [9.17, 15) is 43.7 Å². The predicted octanol–water partition coefficient (Wildman–Crippen LogP) is 1.83. The van der Waals surface area contributed by atoms with Crippen LogP contribution in [0.4, 0.5) is 5.69 Å². The molecule has 31 heavy (non-hydrogen) atoms. The average Bonchev–Trinajstić information content (AvgIpc) is 2.65. The van der Waals surface area contributed by atoms with E-state index in [4.69, 9.17) is 0 Å². The fourth-order valence-electron chi connectivity index (χ4n) is 2.86. The number of rotatable bonds is 5. The van der Waals surface area contributed by atoms with Crippen LogP contribution >= 0.6 is 0 Å². The molecule has 0 heterocycles. The summed E-state index contributed by atoms with van der Waals surface area (Å²) in [4.78, 5) is 9.39. The highest BCUT2D eigenvalue weighted by Gasteiger charge is 2.27. The third-order valence-corrected chi connectivity index (χ3v) is 6.77. The summed E-state index contributed by atoms with van der Waals surface area (Å²) in [5.74, 6) is -0.735. The van der Waals surface area contributed by atoms with E-state index in [1.54, 1.807) is 18.2 Å². The monoisotopic (exact) mass is 487 g/mol. The minimum absolute atomic E-state index is 0.150. The Morgan fingerprint density at radius 1 is 0.710 bits per heavy atom. The minimum atomic E-state index is -5.20. The number of hydrogen-bond donors (Lipinski definition) is 4. The number of nitrogens with one attached hydrogen (secondary N) is 1. The van der Waals surface area contributed by atoms with Crippen molar-refractivity contribution < 1.29 is 43.7 Å². The Labute approximate surface area is 176 Å². The van der Waals surface area contributed by atoms with Crippen molar-refractivity contribution in [3.8, 4) is 0 Å². The molecule has 14 heteroatoms. The second kappa shape index (κ2) is 7.67. The first-order valence-electron chi connectivity index (χ1n) is 8.09. The number of anilines is 1. The molecule has 164 valence electrons. The van der Waals surface area contributed by atoms with Gasteiger partial charge in [0.1, 0.15) is 9.79 Å². The van der Waals surface area contributed by atoms with Gasteiger partial charge in [-0.25, -0.2) is 0 Å². The van der Waals surface area contributed by atoms with E-state index >= 15 is 0 Å². The van der Waals surface area contributed by atoms with Gasteiger partial charge >= 0.3 is 0 Å². The first-order valence-corrected chi connectivity index (χ1v) is 12.4. The molecule has 0 aromatic heterocycles. The topological polar surface area (TPSA) is 192 Å². The van der Waals surface area contributed by atoms with Gasteiger partial charge in [0.2, 0.25) is 0 Å². The van der Waals surface area contributed by atoms with Crippen LogP contribution in [0.1, 0.15) is 10.4 Å². The molecule has 0 spiro atoms. The molecule has 4 N–H and O–H groups in total. The van der Waals surface area contributed by atoms with Gasteiger partial charge in [0.05, 0.1) is 10.6 Å². The van der Waals surface area contributed by atoms with E-state index in [1.807, 2.05) is 0 Å². The number of carbonyl (C=O) groups excluding carboxylic acids is 1. The Balaban J connectivity index is 2.44. The van der Waals surface area contributed by atoms with Crippen molar-refractivity contribution in [2.24, 2.45) is 0 Å². The maximum Gasteiger partial charge on any atom is 0.295 e. The molecule has 3 rings (SSSR count). The fourth-order valence-corrected chi connectivity index (χ4v) is 4.90. The van der Waals surface area contributed by atoms with Crippen LogP contribution in [0.5, 0.6) is 0 Å². The highest BCUT2D eigenvalue weighted by Crippen LogP contribution is 2.37. The van der Waals surface area contributed by atoms with Crippen LogP contribution in [0, 0.1) is 0 Å². The second-order valence-electron chi connectivity index (χ2n) is 6.20. The van der Waals surface area contributed by atoms with Crippen LogP contribution in [0.2, 0.25) is 0 Å². The molecular weight excluding hydrogens is 474 g/mol. The molecule has 0 atom stereocenters. The van der Waals surface area contributed by atoms with Crippen molar-refractivity contribution in [1.82, 2.24) is 0 Å². The highest BCUT2D eigenvalue weighted by atomic mass is 32.2. The van der Waals surface area contributed by atoms with Gasteiger partial charge in [-0.05, 0) is 36.4 Å². The smallest absolute Gasteiger partial charge is 0.295 e. The largest absolute Gasteiger partial charge is 0.321 e. The summed E-state index contributed by atoms with van der Waals surface area (Å²) >= 11 is 0. The summed E-state index contributed by atoms with van der Waals surface area (Å²) in [5, 5.41) is 1.06. The lowest BCUT2D eigenvalue weighted by molar-refractivity contribution is 0.102. The van der Waals surface area contributed by atoms with E-state index in [0.29, 0.717) is 12.1 Å². The van der Waals surface area contributed by atoms with Crippen LogP contribution in [0.15, 0.2) is 69.3 Å². The normalized spacial score (nSPS) is 12.6. The Hall–Kier alpha value is -2.88. The van der Waals surface area contributed by atoms with Crippen LogP contribution in [-0.2, 0) is 30.4 Å². The van der Waals surface area contributed by atoms with Crippen LogP contribution in [0.3, 0.4) is 0 Å². The lowest BCUT2D eigenvalue weighted by atomic mass is 10.1. The molecule has 11 nitrogen and oxygen atoms in total. The molecule has 0 fully saturated rings. The zero-order valence-corrected chi connectivity index (χ0v) is 17.6. The van der Waals surface area contributed by atoms with E-state index in [-0.39, 0.29) is 11.3 Å². The molecule has 0 unspecified atom stereocenters. The molecule has 3 aromatic carbocycles. The van der Waals surface area contributed by atoms with Crippen LogP contribution < -0.4 is 5.32 Å². The van der Waals surface area contributed by atoms with Crippen molar-refractivity contribution in [1.29, 1.82) is 0 Å². The summed E-state index contributed by atoms with van der Waals surface area (Å²) < 4.78 is 99.0. The summed E-state index contributed by atoms with van der Waals surface area (Å²) in [5.41, 5.74) is -0.164. The molecule has 0 bridgehead atoms. The van der Waals surface area contributed by atoms with Crippen molar-refractivity contribution in [2.75, 3.05) is 5.32 Å². The Morgan fingerprint density at radius 3 is 1.81 bits per heavy atom. The molecule has 1 amide bonds. The van der Waals surface area contributed by atoms with Gasteiger partial charge in [-0.1, -0.05) is 18.2 Å². The highest BCUT2D eigenvalue weighted by molar-refractivity contribution is 7.87. The molecule has 0 aliphatic rings. The zero-order valence-electron chi connectivity index (χ0n) is 15.1. The predicted molar refractivity (Wildman–Crippen MR) is 108 cm³/mol. The molecule has 0 aliphatic carbocycles. The Kier molecular flexibility index (Phi) is 5.64. The number of benzene rings is 3. The van der Waals surface area contributed by atoms with Gasteiger partial charge in [0.15, 0.2) is 0 Å². The lowest BCUT2D eigenvalue weighted by Crippen LogP contribution is -2.14. The van der Waals surface area contributed by atoms with Gasteiger partial charge < -0.3 is 5.32 Å². The van der Waals surface area contributed by atoms with Gasteiger partial charge in [-0.3, -0.25) is 18.5 Å². The van der Waals surface area contributed by atoms with Crippen molar-refractivity contribution in [3.05, 3.63) is 60.2 Å². The number of carbonyl (C=O) groups is 1. The molecule has 0 aliphatic heterocycles. The van der Waals surface area contributed by atoms with Gasteiger partial charge in [0.25, 0.3) is 36.3 Å². The van der Waals surface area contributed by atoms with E-state index in [0.717, 1.165) is 12.1 Å². The molecule has 0 radical (unpaired) electrons. The van der Waals surface area contributed by atoms with Gasteiger partial charge in [0, 0.05) is 16.3 Å². The quantitative estimate of drug-likeness (QED) is 0.386. The van der Waals surface area contributed by atoms with Crippen LogP contribution in [-0.4, -0.2) is 44.8 Å². The van der Waals surface area contributed by atoms with Crippen molar-refractivity contribution in [2.45, 2.75) is 14.7 Å². The second-order valence-corrected chi connectivity index (χ2v) is 10.4. The maximum absolute atomic E-state index is 12.5. The van der Waals surface area contributed by atoms with E-state index in [2.05, 4.69) is 5.32 Å². The minimum Gasteiger partial charge on any atom is -0.321 e. The first kappa shape index (κ1) is 22.8. The van der Waals surface area contributed by atoms with Crippen LogP contribution in [0.25, 0.3) is 10.8 Å². The van der Waals surface area contributed by atoms with E-state index in [1.165, 1.54) is 12.1 Å². The molecule has 0 saturated carbocycles. The summed E-state index contributed by atoms with van der Waals surface area (Å²) in [6, 6.07) is 10.3. The summed E-state index contributed by atoms with van der Waals surface area (Å²) in [6.45, 7) is 0.